The van der Waals surface area contributed by atoms with Gasteiger partial charge in [-0.2, -0.15) is 0 Å². The molecule has 108 valence electrons. The number of ether oxygens (including phenoxy) is 2. The summed E-state index contributed by atoms with van der Waals surface area (Å²) in [6.45, 7) is 6.22. The smallest absolute Gasteiger partial charge is 0.407 e. The number of nitrogens with one attached hydrogen (secondary N) is 1. The van der Waals surface area contributed by atoms with Gasteiger partial charge in [-0.1, -0.05) is 0 Å². The molecule has 1 amide bonds. The fourth-order valence-corrected chi connectivity index (χ4v) is 1.20. The minimum atomic E-state index is -0.484. The van der Waals surface area contributed by atoms with Crippen molar-refractivity contribution in [1.82, 2.24) is 5.32 Å². The molecule has 1 rings (SSSR count). The Bertz CT molecular complexity index is 388. The maximum absolute atomic E-state index is 11.3. The van der Waals surface area contributed by atoms with Crippen molar-refractivity contribution < 1.29 is 14.3 Å². The van der Waals surface area contributed by atoms with E-state index in [9.17, 15) is 4.79 Å². The van der Waals surface area contributed by atoms with Crippen LogP contribution in [0, 0.1) is 0 Å². The maximum atomic E-state index is 11.3. The number of hydrogen-bond donors (Lipinski definition) is 2. The molecule has 1 aromatic rings. The van der Waals surface area contributed by atoms with E-state index in [1.807, 2.05) is 20.8 Å². The number of anilines is 1. The van der Waals surface area contributed by atoms with Gasteiger partial charge >= 0.3 is 6.09 Å². The number of rotatable bonds is 4. The average Bonchev–Trinajstić information content (AvgIpc) is 2.24. The van der Waals surface area contributed by atoms with Crippen LogP contribution in [0.3, 0.4) is 0 Å². The molecule has 1 aromatic carbocycles. The highest BCUT2D eigenvalue weighted by Gasteiger charge is 2.15. The molecule has 0 aliphatic heterocycles. The molecular formula is C13H21ClN2O3. The Balaban J connectivity index is 0.00000324. The Morgan fingerprint density at radius 2 is 1.84 bits per heavy atom. The van der Waals surface area contributed by atoms with E-state index in [1.165, 1.54) is 0 Å². The summed E-state index contributed by atoms with van der Waals surface area (Å²) in [5.41, 5.74) is 5.76. The van der Waals surface area contributed by atoms with Crippen molar-refractivity contribution in [3.05, 3.63) is 24.3 Å². The molecular weight excluding hydrogens is 268 g/mol. The number of alkyl carbamates (subject to hydrolysis) is 1. The molecule has 0 radical (unpaired) electrons. The lowest BCUT2D eigenvalue weighted by molar-refractivity contribution is 0.0520. The number of amides is 1. The van der Waals surface area contributed by atoms with Crippen LogP contribution in [0.2, 0.25) is 0 Å². The highest BCUT2D eigenvalue weighted by molar-refractivity contribution is 5.85. The van der Waals surface area contributed by atoms with E-state index < -0.39 is 11.7 Å². The molecule has 19 heavy (non-hydrogen) atoms. The van der Waals surface area contributed by atoms with Crippen molar-refractivity contribution in [2.45, 2.75) is 26.4 Å². The minimum absolute atomic E-state index is 0. The Morgan fingerprint density at radius 1 is 1.26 bits per heavy atom. The second kappa shape index (κ2) is 7.74. The van der Waals surface area contributed by atoms with E-state index in [1.54, 1.807) is 24.3 Å². The van der Waals surface area contributed by atoms with E-state index in [2.05, 4.69) is 5.32 Å². The number of carbonyl (C=O) groups excluding carboxylic acids is 1. The Kier molecular flexibility index (Phi) is 7.08. The molecule has 0 saturated carbocycles. The molecule has 0 atom stereocenters. The quantitative estimate of drug-likeness (QED) is 0.660. The molecule has 0 unspecified atom stereocenters. The Morgan fingerprint density at radius 3 is 2.37 bits per heavy atom. The van der Waals surface area contributed by atoms with Crippen LogP contribution in [-0.4, -0.2) is 24.8 Å². The zero-order valence-electron chi connectivity index (χ0n) is 11.4. The van der Waals surface area contributed by atoms with Crippen molar-refractivity contribution in [1.29, 1.82) is 0 Å². The zero-order valence-corrected chi connectivity index (χ0v) is 12.3. The number of hydrogen-bond acceptors (Lipinski definition) is 4. The topological polar surface area (TPSA) is 73.6 Å². The Labute approximate surface area is 119 Å². The largest absolute Gasteiger partial charge is 0.492 e. The van der Waals surface area contributed by atoms with Gasteiger partial charge in [-0.3, -0.25) is 0 Å². The SMILES string of the molecule is CC(C)(C)OC(=O)NCCOc1ccc(N)cc1.Cl. The van der Waals surface area contributed by atoms with Gasteiger partial charge < -0.3 is 20.5 Å². The van der Waals surface area contributed by atoms with Gasteiger partial charge in [0.15, 0.2) is 0 Å². The number of benzene rings is 1. The first-order valence-electron chi connectivity index (χ1n) is 5.82. The summed E-state index contributed by atoms with van der Waals surface area (Å²) in [5, 5.41) is 2.61. The summed E-state index contributed by atoms with van der Waals surface area (Å²) in [5.74, 6) is 0.718. The number of carbonyl (C=O) groups is 1. The van der Waals surface area contributed by atoms with Crippen molar-refractivity contribution >= 4 is 24.2 Å². The summed E-state index contributed by atoms with van der Waals surface area (Å²) in [6, 6.07) is 7.08. The molecule has 0 aliphatic carbocycles. The average molecular weight is 289 g/mol. The first-order valence-corrected chi connectivity index (χ1v) is 5.82. The highest BCUT2D eigenvalue weighted by atomic mass is 35.5. The molecule has 0 spiro atoms. The standard InChI is InChI=1S/C13H20N2O3.ClH/c1-13(2,3)18-12(16)15-8-9-17-11-6-4-10(14)5-7-11;/h4-7H,8-9,14H2,1-3H3,(H,15,16);1H. The van der Waals surface area contributed by atoms with Crippen LogP contribution in [0.1, 0.15) is 20.8 Å². The molecule has 0 aliphatic rings. The van der Waals surface area contributed by atoms with E-state index in [0.717, 1.165) is 5.75 Å². The lowest BCUT2D eigenvalue weighted by Gasteiger charge is -2.19. The molecule has 0 bridgehead atoms. The van der Waals surface area contributed by atoms with Crippen LogP contribution in [0.15, 0.2) is 24.3 Å². The fraction of sp³-hybridized carbons (Fsp3) is 0.462. The molecule has 6 heteroatoms. The van der Waals surface area contributed by atoms with E-state index in [0.29, 0.717) is 18.8 Å². The zero-order chi connectivity index (χ0) is 13.6. The van der Waals surface area contributed by atoms with Gasteiger partial charge in [-0.15, -0.1) is 12.4 Å². The molecule has 0 aromatic heterocycles. The second-order valence-electron chi connectivity index (χ2n) is 4.85. The first kappa shape index (κ1) is 17.4. The van der Waals surface area contributed by atoms with Gasteiger partial charge in [0.25, 0.3) is 0 Å². The van der Waals surface area contributed by atoms with Gasteiger partial charge in [-0.25, -0.2) is 4.79 Å². The van der Waals surface area contributed by atoms with Crippen LogP contribution < -0.4 is 15.8 Å². The van der Waals surface area contributed by atoms with E-state index in [-0.39, 0.29) is 12.4 Å². The fourth-order valence-electron chi connectivity index (χ4n) is 1.20. The minimum Gasteiger partial charge on any atom is -0.492 e. The van der Waals surface area contributed by atoms with Crippen LogP contribution in [0.4, 0.5) is 10.5 Å². The number of halogens is 1. The van der Waals surface area contributed by atoms with E-state index >= 15 is 0 Å². The molecule has 0 saturated heterocycles. The third-order valence-corrected chi connectivity index (χ3v) is 1.92. The summed E-state index contributed by atoms with van der Waals surface area (Å²) in [6.07, 6.45) is -0.441. The van der Waals surface area contributed by atoms with Crippen molar-refractivity contribution in [2.24, 2.45) is 0 Å². The molecule has 5 nitrogen and oxygen atoms in total. The molecule has 0 heterocycles. The van der Waals surface area contributed by atoms with E-state index in [4.69, 9.17) is 15.2 Å². The Hall–Kier alpha value is -1.62. The maximum Gasteiger partial charge on any atom is 0.407 e. The van der Waals surface area contributed by atoms with Crippen molar-refractivity contribution in [3.63, 3.8) is 0 Å². The highest BCUT2D eigenvalue weighted by Crippen LogP contribution is 2.12. The van der Waals surface area contributed by atoms with Crippen molar-refractivity contribution in [3.8, 4) is 5.75 Å². The van der Waals surface area contributed by atoms with Gasteiger partial charge in [0.1, 0.15) is 18.0 Å². The lowest BCUT2D eigenvalue weighted by atomic mass is 10.2. The number of nitrogen functional groups attached to an aromatic ring is 1. The summed E-state index contributed by atoms with van der Waals surface area (Å²) in [7, 11) is 0. The van der Waals surface area contributed by atoms with Crippen LogP contribution in [0.5, 0.6) is 5.75 Å². The summed E-state index contributed by atoms with van der Waals surface area (Å²) < 4.78 is 10.5. The summed E-state index contributed by atoms with van der Waals surface area (Å²) >= 11 is 0. The molecule has 0 fully saturated rings. The number of nitrogens with two attached hydrogens (primary N) is 1. The van der Waals surface area contributed by atoms with Gasteiger partial charge in [0, 0.05) is 5.69 Å². The van der Waals surface area contributed by atoms with Gasteiger partial charge in [-0.05, 0) is 45.0 Å². The predicted octanol–water partition coefficient (Wildman–Crippen LogP) is 2.59. The monoisotopic (exact) mass is 288 g/mol. The third kappa shape index (κ3) is 8.15. The van der Waals surface area contributed by atoms with Gasteiger partial charge in [0.2, 0.25) is 0 Å². The lowest BCUT2D eigenvalue weighted by Crippen LogP contribution is -2.34. The van der Waals surface area contributed by atoms with Crippen molar-refractivity contribution in [2.75, 3.05) is 18.9 Å². The van der Waals surface area contributed by atoms with Crippen LogP contribution in [0.25, 0.3) is 0 Å². The first-order chi connectivity index (χ1) is 8.37. The third-order valence-electron chi connectivity index (χ3n) is 1.92. The molecule has 3 N–H and O–H groups in total. The second-order valence-corrected chi connectivity index (χ2v) is 4.85. The summed E-state index contributed by atoms with van der Waals surface area (Å²) in [4.78, 5) is 11.3. The van der Waals surface area contributed by atoms with Crippen LogP contribution in [-0.2, 0) is 4.74 Å². The normalized spacial score (nSPS) is 10.3. The van der Waals surface area contributed by atoms with Crippen LogP contribution >= 0.6 is 12.4 Å². The van der Waals surface area contributed by atoms with Gasteiger partial charge in [0.05, 0.1) is 6.54 Å². The predicted molar refractivity (Wildman–Crippen MR) is 77.8 cm³/mol.